The monoisotopic (exact) mass is 359 g/mol. The molecule has 0 aromatic heterocycles. The molecular formula is C16H29N3O4S. The fourth-order valence-electron chi connectivity index (χ4n) is 3.35. The molecule has 7 nitrogen and oxygen atoms in total. The fourth-order valence-corrected chi connectivity index (χ4v) is 4.22. The van der Waals surface area contributed by atoms with E-state index in [0.29, 0.717) is 64.4 Å². The van der Waals surface area contributed by atoms with Crippen LogP contribution in [0.5, 0.6) is 0 Å². The third-order valence-corrected chi connectivity index (χ3v) is 6.10. The summed E-state index contributed by atoms with van der Waals surface area (Å²) in [6.45, 7) is 7.24. The van der Waals surface area contributed by atoms with Crippen LogP contribution in [-0.4, -0.2) is 79.9 Å². The summed E-state index contributed by atoms with van der Waals surface area (Å²) in [5.41, 5.74) is 0. The van der Waals surface area contributed by atoms with E-state index in [1.165, 1.54) is 10.6 Å². The zero-order valence-corrected chi connectivity index (χ0v) is 15.7. The Hall–Kier alpha value is -1.15. The smallest absolute Gasteiger partial charge is 0.225 e. The third-order valence-electron chi connectivity index (χ3n) is 4.80. The predicted molar refractivity (Wildman–Crippen MR) is 91.8 cm³/mol. The Morgan fingerprint density at radius 1 is 0.958 bits per heavy atom. The van der Waals surface area contributed by atoms with Gasteiger partial charge in [-0.2, -0.15) is 0 Å². The zero-order chi connectivity index (χ0) is 17.9. The topological polar surface area (TPSA) is 78.0 Å². The van der Waals surface area contributed by atoms with Gasteiger partial charge in [-0.25, -0.2) is 12.7 Å². The molecule has 2 amide bonds. The Labute approximate surface area is 145 Å². The van der Waals surface area contributed by atoms with E-state index in [9.17, 15) is 18.0 Å². The molecule has 0 spiro atoms. The standard InChI is InChI=1S/C16H29N3O4S/c1-13(2)12-15(20)17-8-10-18(11-9-17)16(21)14-4-6-19(7-5-14)24(3,22)23/h13-14H,4-12H2,1-3H3. The van der Waals surface area contributed by atoms with Crippen LogP contribution in [0.15, 0.2) is 0 Å². The number of carbonyl (C=O) groups excluding carboxylic acids is 2. The highest BCUT2D eigenvalue weighted by Crippen LogP contribution is 2.22. The van der Waals surface area contributed by atoms with Gasteiger partial charge in [-0.15, -0.1) is 0 Å². The summed E-state index contributed by atoms with van der Waals surface area (Å²) >= 11 is 0. The van der Waals surface area contributed by atoms with Gasteiger partial charge in [-0.05, 0) is 18.8 Å². The number of piperidine rings is 1. The SMILES string of the molecule is CC(C)CC(=O)N1CCN(C(=O)C2CCN(S(C)(=O)=O)CC2)CC1. The van der Waals surface area contributed by atoms with Crippen molar-refractivity contribution in [3.8, 4) is 0 Å². The molecule has 0 saturated carbocycles. The maximum absolute atomic E-state index is 12.6. The predicted octanol–water partition coefficient (Wildman–Crippen LogP) is 0.375. The molecule has 0 aliphatic carbocycles. The van der Waals surface area contributed by atoms with Crippen LogP contribution in [-0.2, 0) is 19.6 Å². The molecule has 8 heteroatoms. The van der Waals surface area contributed by atoms with E-state index in [1.807, 2.05) is 23.6 Å². The Morgan fingerprint density at radius 2 is 1.46 bits per heavy atom. The van der Waals surface area contributed by atoms with E-state index in [-0.39, 0.29) is 17.7 Å². The molecule has 24 heavy (non-hydrogen) atoms. The number of rotatable bonds is 4. The van der Waals surface area contributed by atoms with Crippen LogP contribution in [0, 0.1) is 11.8 Å². The van der Waals surface area contributed by atoms with Crippen LogP contribution in [0.1, 0.15) is 33.1 Å². The van der Waals surface area contributed by atoms with Crippen molar-refractivity contribution in [1.82, 2.24) is 14.1 Å². The molecule has 2 fully saturated rings. The van der Waals surface area contributed by atoms with Gasteiger partial charge in [-0.3, -0.25) is 9.59 Å². The van der Waals surface area contributed by atoms with Gasteiger partial charge in [0, 0.05) is 51.6 Å². The second kappa shape index (κ2) is 7.82. The number of sulfonamides is 1. The van der Waals surface area contributed by atoms with Crippen molar-refractivity contribution in [3.05, 3.63) is 0 Å². The number of carbonyl (C=O) groups is 2. The van der Waals surface area contributed by atoms with Crippen LogP contribution < -0.4 is 0 Å². The van der Waals surface area contributed by atoms with Gasteiger partial charge < -0.3 is 9.80 Å². The molecule has 2 aliphatic rings. The first kappa shape index (κ1) is 19.2. The second-order valence-electron chi connectivity index (χ2n) is 7.24. The molecule has 0 atom stereocenters. The maximum Gasteiger partial charge on any atom is 0.225 e. The summed E-state index contributed by atoms with van der Waals surface area (Å²) < 4.78 is 24.5. The average Bonchev–Trinajstić information content (AvgIpc) is 2.53. The van der Waals surface area contributed by atoms with Gasteiger partial charge in [0.05, 0.1) is 6.26 Å². The molecule has 2 heterocycles. The van der Waals surface area contributed by atoms with Crippen molar-refractivity contribution in [1.29, 1.82) is 0 Å². The Bertz CT molecular complexity index is 560. The summed E-state index contributed by atoms with van der Waals surface area (Å²) in [7, 11) is -3.16. The number of piperazine rings is 1. The number of amides is 2. The number of hydrogen-bond acceptors (Lipinski definition) is 4. The van der Waals surface area contributed by atoms with E-state index in [4.69, 9.17) is 0 Å². The van der Waals surface area contributed by atoms with Crippen LogP contribution in [0.2, 0.25) is 0 Å². The molecule has 0 aromatic carbocycles. The van der Waals surface area contributed by atoms with Crippen molar-refractivity contribution in [3.63, 3.8) is 0 Å². The van der Waals surface area contributed by atoms with Gasteiger partial charge in [-0.1, -0.05) is 13.8 Å². The molecule has 2 saturated heterocycles. The highest BCUT2D eigenvalue weighted by molar-refractivity contribution is 7.88. The van der Waals surface area contributed by atoms with Crippen molar-refractivity contribution in [2.75, 3.05) is 45.5 Å². The molecular weight excluding hydrogens is 330 g/mol. The quantitative estimate of drug-likeness (QED) is 0.727. The van der Waals surface area contributed by atoms with E-state index in [1.54, 1.807) is 0 Å². The van der Waals surface area contributed by atoms with Crippen molar-refractivity contribution < 1.29 is 18.0 Å². The van der Waals surface area contributed by atoms with Crippen LogP contribution in [0.25, 0.3) is 0 Å². The minimum Gasteiger partial charge on any atom is -0.339 e. The van der Waals surface area contributed by atoms with E-state index in [2.05, 4.69) is 0 Å². The van der Waals surface area contributed by atoms with Crippen LogP contribution in [0.3, 0.4) is 0 Å². The van der Waals surface area contributed by atoms with Gasteiger partial charge in [0.25, 0.3) is 0 Å². The summed E-state index contributed by atoms with van der Waals surface area (Å²) in [4.78, 5) is 28.4. The molecule has 0 aromatic rings. The minimum atomic E-state index is -3.16. The first-order valence-electron chi connectivity index (χ1n) is 8.70. The first-order valence-corrected chi connectivity index (χ1v) is 10.5. The molecule has 2 rings (SSSR count). The van der Waals surface area contributed by atoms with Crippen molar-refractivity contribution >= 4 is 21.8 Å². The normalized spacial score (nSPS) is 21.3. The summed E-state index contributed by atoms with van der Waals surface area (Å²) in [5.74, 6) is 0.524. The molecule has 0 N–H and O–H groups in total. The summed E-state index contributed by atoms with van der Waals surface area (Å²) in [6.07, 6.45) is 2.93. The van der Waals surface area contributed by atoms with Crippen molar-refractivity contribution in [2.45, 2.75) is 33.1 Å². The molecule has 0 bridgehead atoms. The molecule has 2 aliphatic heterocycles. The zero-order valence-electron chi connectivity index (χ0n) is 14.9. The van der Waals surface area contributed by atoms with E-state index in [0.717, 1.165) is 0 Å². The Balaban J connectivity index is 1.80. The lowest BCUT2D eigenvalue weighted by Crippen LogP contribution is -2.53. The fraction of sp³-hybridized carbons (Fsp3) is 0.875. The van der Waals surface area contributed by atoms with Gasteiger partial charge >= 0.3 is 0 Å². The lowest BCUT2D eigenvalue weighted by Gasteiger charge is -2.38. The third kappa shape index (κ3) is 4.92. The van der Waals surface area contributed by atoms with Gasteiger partial charge in [0.15, 0.2) is 0 Å². The first-order chi connectivity index (χ1) is 11.2. The highest BCUT2D eigenvalue weighted by atomic mass is 32.2. The number of hydrogen-bond donors (Lipinski definition) is 0. The van der Waals surface area contributed by atoms with Crippen molar-refractivity contribution in [2.24, 2.45) is 11.8 Å². The highest BCUT2D eigenvalue weighted by Gasteiger charge is 2.33. The average molecular weight is 359 g/mol. The molecule has 138 valence electrons. The van der Waals surface area contributed by atoms with Gasteiger partial charge in [0.1, 0.15) is 0 Å². The van der Waals surface area contributed by atoms with Crippen LogP contribution >= 0.6 is 0 Å². The van der Waals surface area contributed by atoms with E-state index < -0.39 is 10.0 Å². The molecule has 0 radical (unpaired) electrons. The largest absolute Gasteiger partial charge is 0.339 e. The summed E-state index contributed by atoms with van der Waals surface area (Å²) in [5, 5.41) is 0. The lowest BCUT2D eigenvalue weighted by atomic mass is 9.96. The second-order valence-corrected chi connectivity index (χ2v) is 9.22. The number of nitrogens with zero attached hydrogens (tertiary/aromatic N) is 3. The maximum atomic E-state index is 12.6. The lowest BCUT2D eigenvalue weighted by molar-refractivity contribution is -0.143. The van der Waals surface area contributed by atoms with Crippen LogP contribution in [0.4, 0.5) is 0 Å². The van der Waals surface area contributed by atoms with Gasteiger partial charge in [0.2, 0.25) is 21.8 Å². The Kier molecular flexibility index (Phi) is 6.25. The minimum absolute atomic E-state index is 0.0964. The Morgan fingerprint density at radius 3 is 1.92 bits per heavy atom. The summed E-state index contributed by atoms with van der Waals surface area (Å²) in [6, 6.07) is 0. The van der Waals surface area contributed by atoms with E-state index >= 15 is 0 Å². The molecule has 0 unspecified atom stereocenters.